The number of nitrogens with zero attached hydrogens (tertiary/aromatic N) is 1. The number of aliphatic carboxylic acids is 1. The van der Waals surface area contributed by atoms with E-state index >= 15 is 0 Å². The summed E-state index contributed by atoms with van der Waals surface area (Å²) in [4.78, 5) is 26.4. The van der Waals surface area contributed by atoms with E-state index in [1.54, 1.807) is 0 Å². The Kier molecular flexibility index (Phi) is 6.34. The normalized spacial score (nSPS) is 17.5. The molecule has 1 N–H and O–H groups in total. The highest BCUT2D eigenvalue weighted by Crippen LogP contribution is 2.20. The lowest BCUT2D eigenvalue weighted by Gasteiger charge is -2.25. The molecule has 1 unspecified atom stereocenters. The fraction of sp³-hybridized carbons (Fsp3) is 0.579. The van der Waals surface area contributed by atoms with Gasteiger partial charge in [-0.15, -0.1) is 0 Å². The topological polar surface area (TPSA) is 57.6 Å². The SMILES string of the molecule is Cc1ccc(C(=O)C(CC(=O)O)CN2CCCCCC2)c(C)c1. The average Bonchev–Trinajstić information content (AvgIpc) is 2.74. The van der Waals surface area contributed by atoms with E-state index in [4.69, 9.17) is 0 Å². The first-order valence-corrected chi connectivity index (χ1v) is 8.53. The van der Waals surface area contributed by atoms with Crippen LogP contribution in [0.25, 0.3) is 0 Å². The third-order valence-corrected chi connectivity index (χ3v) is 4.62. The zero-order chi connectivity index (χ0) is 16.8. The van der Waals surface area contributed by atoms with Gasteiger partial charge < -0.3 is 10.0 Å². The highest BCUT2D eigenvalue weighted by atomic mass is 16.4. The van der Waals surface area contributed by atoms with Gasteiger partial charge in [-0.2, -0.15) is 0 Å². The van der Waals surface area contributed by atoms with Gasteiger partial charge in [-0.25, -0.2) is 0 Å². The van der Waals surface area contributed by atoms with Crippen LogP contribution < -0.4 is 0 Å². The first kappa shape index (κ1) is 17.7. The highest BCUT2D eigenvalue weighted by Gasteiger charge is 2.26. The quantitative estimate of drug-likeness (QED) is 0.816. The molecule has 0 saturated carbocycles. The van der Waals surface area contributed by atoms with Crippen molar-refractivity contribution in [3.8, 4) is 0 Å². The minimum absolute atomic E-state index is 0.0332. The second-order valence-electron chi connectivity index (χ2n) is 6.69. The van der Waals surface area contributed by atoms with Gasteiger partial charge in [0.2, 0.25) is 0 Å². The van der Waals surface area contributed by atoms with Crippen molar-refractivity contribution in [2.45, 2.75) is 46.0 Å². The van der Waals surface area contributed by atoms with Crippen LogP contribution >= 0.6 is 0 Å². The molecule has 1 aliphatic rings. The summed E-state index contributed by atoms with van der Waals surface area (Å²) in [7, 11) is 0. The molecule has 0 radical (unpaired) electrons. The standard InChI is InChI=1S/C19H27NO3/c1-14-7-8-17(15(2)11-14)19(23)16(12-18(21)22)13-20-9-5-3-4-6-10-20/h7-8,11,16H,3-6,9-10,12-13H2,1-2H3,(H,21,22). The predicted octanol–water partition coefficient (Wildman–Crippen LogP) is 3.45. The first-order chi connectivity index (χ1) is 11.0. The number of ketones is 1. The van der Waals surface area contributed by atoms with Crippen molar-refractivity contribution >= 4 is 11.8 Å². The molecule has 4 heteroatoms. The molecule has 23 heavy (non-hydrogen) atoms. The molecule has 1 fully saturated rings. The lowest BCUT2D eigenvalue weighted by atomic mass is 9.91. The lowest BCUT2D eigenvalue weighted by Crippen LogP contribution is -2.35. The lowest BCUT2D eigenvalue weighted by molar-refractivity contribution is -0.137. The van der Waals surface area contributed by atoms with Crippen LogP contribution in [0.3, 0.4) is 0 Å². The maximum absolute atomic E-state index is 12.9. The summed E-state index contributed by atoms with van der Waals surface area (Å²) < 4.78 is 0. The van der Waals surface area contributed by atoms with E-state index in [0.717, 1.165) is 37.1 Å². The Morgan fingerprint density at radius 1 is 1.13 bits per heavy atom. The Bertz CT molecular complexity index is 560. The minimum Gasteiger partial charge on any atom is -0.481 e. The van der Waals surface area contributed by atoms with Crippen LogP contribution in [0.15, 0.2) is 18.2 Å². The molecule has 1 aromatic rings. The molecule has 0 bridgehead atoms. The Hall–Kier alpha value is -1.68. The predicted molar refractivity (Wildman–Crippen MR) is 90.9 cm³/mol. The number of carboxylic acids is 1. The van der Waals surface area contributed by atoms with Crippen LogP contribution in [0.5, 0.6) is 0 Å². The smallest absolute Gasteiger partial charge is 0.304 e. The van der Waals surface area contributed by atoms with Crippen LogP contribution in [-0.4, -0.2) is 41.4 Å². The second kappa shape index (κ2) is 8.25. The molecule has 0 spiro atoms. The molecule has 1 saturated heterocycles. The molecule has 4 nitrogen and oxygen atoms in total. The van der Waals surface area contributed by atoms with Gasteiger partial charge in [0.05, 0.1) is 6.42 Å². The molecule has 0 amide bonds. The van der Waals surface area contributed by atoms with Gasteiger partial charge >= 0.3 is 5.97 Å². The number of carboxylic acid groups (broad SMARTS) is 1. The van der Waals surface area contributed by atoms with Crippen molar-refractivity contribution in [3.63, 3.8) is 0 Å². The van der Waals surface area contributed by atoms with E-state index in [2.05, 4.69) is 4.90 Å². The number of carbonyl (C=O) groups is 2. The van der Waals surface area contributed by atoms with Crippen molar-refractivity contribution in [2.24, 2.45) is 5.92 Å². The largest absolute Gasteiger partial charge is 0.481 e. The molecular formula is C19H27NO3. The third kappa shape index (κ3) is 5.17. The van der Waals surface area contributed by atoms with Crippen LogP contribution in [0, 0.1) is 19.8 Å². The summed E-state index contributed by atoms with van der Waals surface area (Å²) in [6.07, 6.45) is 4.63. The van der Waals surface area contributed by atoms with Crippen LogP contribution in [0.1, 0.15) is 53.6 Å². The van der Waals surface area contributed by atoms with Gasteiger partial charge in [-0.05, 0) is 45.3 Å². The maximum atomic E-state index is 12.9. The van der Waals surface area contributed by atoms with E-state index in [-0.39, 0.29) is 12.2 Å². The van der Waals surface area contributed by atoms with Crippen molar-refractivity contribution in [1.82, 2.24) is 4.90 Å². The molecule has 0 aliphatic carbocycles. The Labute approximate surface area is 138 Å². The Balaban J connectivity index is 2.15. The third-order valence-electron chi connectivity index (χ3n) is 4.62. The van der Waals surface area contributed by atoms with Crippen molar-refractivity contribution in [2.75, 3.05) is 19.6 Å². The number of aryl methyl sites for hydroxylation is 2. The zero-order valence-electron chi connectivity index (χ0n) is 14.2. The van der Waals surface area contributed by atoms with E-state index in [0.29, 0.717) is 12.1 Å². The van der Waals surface area contributed by atoms with E-state index in [1.807, 2.05) is 32.0 Å². The number of hydrogen-bond donors (Lipinski definition) is 1. The van der Waals surface area contributed by atoms with E-state index in [9.17, 15) is 14.7 Å². The van der Waals surface area contributed by atoms with Gasteiger partial charge in [-0.3, -0.25) is 9.59 Å². The van der Waals surface area contributed by atoms with Gasteiger partial charge in [-0.1, -0.05) is 36.6 Å². The first-order valence-electron chi connectivity index (χ1n) is 8.53. The molecule has 1 aromatic carbocycles. The molecule has 126 valence electrons. The van der Waals surface area contributed by atoms with Gasteiger partial charge in [0.25, 0.3) is 0 Å². The van der Waals surface area contributed by atoms with Crippen LogP contribution in [-0.2, 0) is 4.79 Å². The minimum atomic E-state index is -0.900. The zero-order valence-corrected chi connectivity index (χ0v) is 14.2. The molecule has 0 aromatic heterocycles. The van der Waals surface area contributed by atoms with Crippen LogP contribution in [0.2, 0.25) is 0 Å². The molecule has 1 heterocycles. The van der Waals surface area contributed by atoms with Gasteiger partial charge in [0, 0.05) is 18.0 Å². The number of hydrogen-bond acceptors (Lipinski definition) is 3. The van der Waals surface area contributed by atoms with Crippen molar-refractivity contribution in [3.05, 3.63) is 34.9 Å². The molecule has 1 atom stereocenters. The van der Waals surface area contributed by atoms with Gasteiger partial charge in [0.15, 0.2) is 5.78 Å². The van der Waals surface area contributed by atoms with Crippen molar-refractivity contribution in [1.29, 1.82) is 0 Å². The fourth-order valence-electron chi connectivity index (χ4n) is 3.39. The average molecular weight is 317 g/mol. The number of rotatable bonds is 6. The number of likely N-dealkylation sites (tertiary alicyclic amines) is 1. The molecule has 2 rings (SSSR count). The fourth-order valence-corrected chi connectivity index (χ4v) is 3.39. The van der Waals surface area contributed by atoms with Crippen molar-refractivity contribution < 1.29 is 14.7 Å². The Morgan fingerprint density at radius 2 is 1.78 bits per heavy atom. The summed E-state index contributed by atoms with van der Waals surface area (Å²) in [6.45, 7) is 6.40. The summed E-state index contributed by atoms with van der Waals surface area (Å²) in [5.41, 5.74) is 2.71. The maximum Gasteiger partial charge on any atom is 0.304 e. The second-order valence-corrected chi connectivity index (χ2v) is 6.69. The summed E-state index contributed by atoms with van der Waals surface area (Å²) in [5.74, 6) is -1.40. The number of carbonyl (C=O) groups excluding carboxylic acids is 1. The molecule has 1 aliphatic heterocycles. The number of Topliss-reactive ketones (excluding diaryl/α,β-unsaturated/α-hetero) is 1. The summed E-state index contributed by atoms with van der Waals surface area (Å²) >= 11 is 0. The van der Waals surface area contributed by atoms with E-state index < -0.39 is 11.9 Å². The Morgan fingerprint density at radius 3 is 2.35 bits per heavy atom. The van der Waals surface area contributed by atoms with Gasteiger partial charge in [0.1, 0.15) is 0 Å². The molecular weight excluding hydrogens is 290 g/mol. The highest BCUT2D eigenvalue weighted by molar-refractivity contribution is 6.00. The monoisotopic (exact) mass is 317 g/mol. The number of benzene rings is 1. The van der Waals surface area contributed by atoms with Crippen LogP contribution in [0.4, 0.5) is 0 Å². The van der Waals surface area contributed by atoms with E-state index in [1.165, 1.54) is 12.8 Å². The summed E-state index contributed by atoms with van der Waals surface area (Å²) in [5, 5.41) is 9.21. The summed E-state index contributed by atoms with van der Waals surface area (Å²) in [6, 6.07) is 5.74.